The third kappa shape index (κ3) is 9.49. The molecular weight excluding hydrogens is 718 g/mol. The zero-order valence-corrected chi connectivity index (χ0v) is 31.0. The molecule has 12 nitrogen and oxygen atoms in total. The van der Waals surface area contributed by atoms with Crippen molar-refractivity contribution in [2.24, 2.45) is 0 Å². The largest absolute Gasteiger partial charge is 0.459 e. The van der Waals surface area contributed by atoms with Crippen LogP contribution in [0.25, 0.3) is 0 Å². The fourth-order valence-electron chi connectivity index (χ4n) is 6.27. The fourth-order valence-corrected chi connectivity index (χ4v) is 8.20. The molecule has 1 saturated heterocycles. The number of halogens is 1. The van der Waals surface area contributed by atoms with Gasteiger partial charge in [0, 0.05) is 18.4 Å². The number of ether oxygens (including phenoxy) is 3. The number of carbonyl (C=O) groups excluding carboxylic acids is 4. The molecule has 1 aliphatic heterocycles. The quantitative estimate of drug-likeness (QED) is 0.168. The maximum atomic E-state index is 15.5. The minimum absolute atomic E-state index is 0.0381. The van der Waals surface area contributed by atoms with Gasteiger partial charge in [-0.05, 0) is 68.7 Å². The van der Waals surface area contributed by atoms with Gasteiger partial charge in [0.15, 0.2) is 15.9 Å². The van der Waals surface area contributed by atoms with Crippen molar-refractivity contribution in [3.05, 3.63) is 132 Å². The van der Waals surface area contributed by atoms with Crippen LogP contribution in [0.5, 0.6) is 0 Å². The Morgan fingerprint density at radius 2 is 1.54 bits per heavy atom. The molecule has 1 heterocycles. The molecule has 4 atom stereocenters. The maximum absolute atomic E-state index is 15.5. The molecule has 3 amide bonds. The lowest BCUT2D eigenvalue weighted by Crippen LogP contribution is -2.49. The smallest absolute Gasteiger partial charge is 0.340 e. The molecule has 0 unspecified atom stereocenters. The zero-order valence-electron chi connectivity index (χ0n) is 30.2. The van der Waals surface area contributed by atoms with Gasteiger partial charge in [-0.25, -0.2) is 27.2 Å². The molecule has 0 saturated carbocycles. The van der Waals surface area contributed by atoms with Crippen LogP contribution in [0.3, 0.4) is 0 Å². The highest BCUT2D eigenvalue weighted by atomic mass is 32.2. The molecule has 0 aliphatic carbocycles. The number of anilines is 1. The van der Waals surface area contributed by atoms with Gasteiger partial charge < -0.3 is 29.7 Å². The van der Waals surface area contributed by atoms with Crippen LogP contribution in [-0.4, -0.2) is 67.7 Å². The first-order valence-electron chi connectivity index (χ1n) is 17.1. The number of rotatable bonds is 12. The minimum atomic E-state index is -4.25. The lowest BCUT2D eigenvalue weighted by molar-refractivity contribution is -0.164. The number of methoxy groups -OCH3 is 1. The average molecular weight is 760 g/mol. The Hall–Kier alpha value is -5.60. The maximum Gasteiger partial charge on any atom is 0.340 e. The first-order chi connectivity index (χ1) is 25.7. The number of nitrogens with zero attached hydrogens (tertiary/aromatic N) is 1. The molecule has 0 aromatic heterocycles. The molecule has 14 heteroatoms. The van der Waals surface area contributed by atoms with Gasteiger partial charge in [0.05, 0.1) is 22.7 Å². The van der Waals surface area contributed by atoms with E-state index >= 15 is 4.39 Å². The Bertz CT molecular complexity index is 2070. The molecular formula is C40H42FN3O9S. The van der Waals surface area contributed by atoms with Crippen LogP contribution in [0.15, 0.2) is 114 Å². The van der Waals surface area contributed by atoms with Crippen molar-refractivity contribution in [2.45, 2.75) is 67.7 Å². The van der Waals surface area contributed by atoms with E-state index in [0.29, 0.717) is 5.56 Å². The number of urea groups is 1. The SMILES string of the molecule is CO[C@H](C(=O)OCc1ccccc1)c1cccc(NC(=O)NCC(=O)N2[C@@H](C(=O)OC(C)(C)C)C[C@H](S(=O)(=O)c3ccccc3)[C@H]2c2ccccc2F)c1. The number of nitrogens with one attached hydrogen (secondary N) is 2. The van der Waals surface area contributed by atoms with E-state index < -0.39 is 75.1 Å². The lowest BCUT2D eigenvalue weighted by atomic mass is 10.0. The Kier molecular flexibility index (Phi) is 12.5. The summed E-state index contributed by atoms with van der Waals surface area (Å²) in [5.41, 5.74) is 0.324. The number of hydrogen-bond donors (Lipinski definition) is 2. The second-order valence-electron chi connectivity index (χ2n) is 13.6. The van der Waals surface area contributed by atoms with E-state index in [1.807, 2.05) is 30.3 Å². The van der Waals surface area contributed by atoms with Gasteiger partial charge in [-0.3, -0.25) is 4.79 Å². The Labute approximate surface area is 313 Å². The van der Waals surface area contributed by atoms with E-state index in [1.54, 1.807) is 57.2 Å². The van der Waals surface area contributed by atoms with Crippen molar-refractivity contribution in [1.29, 1.82) is 0 Å². The third-order valence-electron chi connectivity index (χ3n) is 8.63. The van der Waals surface area contributed by atoms with Crippen molar-refractivity contribution in [3.63, 3.8) is 0 Å². The number of amides is 3. The molecule has 1 aliphatic rings. The molecule has 0 spiro atoms. The number of likely N-dealkylation sites (tertiary alicyclic amines) is 1. The summed E-state index contributed by atoms with van der Waals surface area (Å²) in [5, 5.41) is 3.61. The normalized spacial score (nSPS) is 17.6. The van der Waals surface area contributed by atoms with E-state index in [0.717, 1.165) is 16.5 Å². The van der Waals surface area contributed by atoms with Crippen LogP contribution in [0, 0.1) is 5.82 Å². The molecule has 4 aromatic carbocycles. The third-order valence-corrected chi connectivity index (χ3v) is 10.8. The highest BCUT2D eigenvalue weighted by molar-refractivity contribution is 7.92. The zero-order chi connectivity index (χ0) is 39.0. The van der Waals surface area contributed by atoms with Gasteiger partial charge in [-0.15, -0.1) is 0 Å². The second-order valence-corrected chi connectivity index (χ2v) is 15.8. The van der Waals surface area contributed by atoms with E-state index in [1.165, 1.54) is 43.5 Å². The molecule has 1 fully saturated rings. The lowest BCUT2D eigenvalue weighted by Gasteiger charge is -2.32. The van der Waals surface area contributed by atoms with Crippen LogP contribution in [0.1, 0.15) is 56.0 Å². The summed E-state index contributed by atoms with van der Waals surface area (Å²) in [7, 11) is -2.90. The van der Waals surface area contributed by atoms with Crippen LogP contribution >= 0.6 is 0 Å². The van der Waals surface area contributed by atoms with Crippen LogP contribution in [-0.2, 0) is 45.0 Å². The van der Waals surface area contributed by atoms with Crippen LogP contribution in [0.2, 0.25) is 0 Å². The van der Waals surface area contributed by atoms with E-state index in [9.17, 15) is 27.6 Å². The summed E-state index contributed by atoms with van der Waals surface area (Å²) in [4.78, 5) is 54.7. The van der Waals surface area contributed by atoms with Gasteiger partial charge in [-0.1, -0.05) is 78.9 Å². The predicted octanol–water partition coefficient (Wildman–Crippen LogP) is 5.90. The summed E-state index contributed by atoms with van der Waals surface area (Å²) in [6.45, 7) is 4.22. The first kappa shape index (κ1) is 39.6. The molecule has 0 radical (unpaired) electrons. The first-order valence-corrected chi connectivity index (χ1v) is 18.7. The van der Waals surface area contributed by atoms with Crippen molar-refractivity contribution in [1.82, 2.24) is 10.2 Å². The van der Waals surface area contributed by atoms with Crippen LogP contribution in [0.4, 0.5) is 14.9 Å². The number of benzene rings is 4. The number of sulfone groups is 1. The Morgan fingerprint density at radius 3 is 2.19 bits per heavy atom. The molecule has 54 heavy (non-hydrogen) atoms. The molecule has 5 rings (SSSR count). The summed E-state index contributed by atoms with van der Waals surface area (Å²) in [5.74, 6) is -3.15. The van der Waals surface area contributed by atoms with E-state index in [2.05, 4.69) is 10.6 Å². The van der Waals surface area contributed by atoms with Gasteiger partial charge in [0.25, 0.3) is 0 Å². The molecule has 4 aromatic rings. The number of carbonyl (C=O) groups is 4. The Balaban J connectivity index is 1.36. The topological polar surface area (TPSA) is 157 Å². The van der Waals surface area contributed by atoms with Crippen molar-refractivity contribution < 1.29 is 46.2 Å². The van der Waals surface area contributed by atoms with E-state index in [4.69, 9.17) is 14.2 Å². The second kappa shape index (κ2) is 17.0. The predicted molar refractivity (Wildman–Crippen MR) is 197 cm³/mol. The highest BCUT2D eigenvalue weighted by Gasteiger charge is 2.54. The summed E-state index contributed by atoms with van der Waals surface area (Å²) in [6, 6.07) is 24.6. The van der Waals surface area contributed by atoms with Gasteiger partial charge >= 0.3 is 18.0 Å². The number of esters is 2. The van der Waals surface area contributed by atoms with Crippen molar-refractivity contribution in [2.75, 3.05) is 19.0 Å². The van der Waals surface area contributed by atoms with E-state index in [-0.39, 0.29) is 29.2 Å². The molecule has 2 N–H and O–H groups in total. The standard InChI is InChI=1S/C40H42FN3O9S/c1-40(2,3)53-37(46)32-23-33(54(49,50)29-18-9-6-10-19-29)35(30-20-11-12-21-31(30)41)44(32)34(45)24-42-39(48)43-28-17-13-16-27(22-28)36(51-4)38(47)52-25-26-14-7-5-8-15-26/h5-22,32-33,35-36H,23-25H2,1-4H3,(H2,42,43,48)/t32-,33+,35-,36+/m1/s1. The fraction of sp³-hybridized carbons (Fsp3) is 0.300. The summed E-state index contributed by atoms with van der Waals surface area (Å²) >= 11 is 0. The number of hydrogen-bond acceptors (Lipinski definition) is 9. The van der Waals surface area contributed by atoms with Gasteiger partial charge in [-0.2, -0.15) is 0 Å². The molecule has 284 valence electrons. The summed E-state index contributed by atoms with van der Waals surface area (Å²) in [6.07, 6.45) is -1.49. The van der Waals surface area contributed by atoms with Gasteiger partial charge in [0.2, 0.25) is 5.91 Å². The van der Waals surface area contributed by atoms with Crippen LogP contribution < -0.4 is 10.6 Å². The van der Waals surface area contributed by atoms with Crippen molar-refractivity contribution >= 4 is 39.4 Å². The summed E-state index contributed by atoms with van der Waals surface area (Å²) < 4.78 is 60.2. The van der Waals surface area contributed by atoms with Gasteiger partial charge in [0.1, 0.15) is 24.1 Å². The monoisotopic (exact) mass is 759 g/mol. The average Bonchev–Trinajstić information content (AvgIpc) is 3.56. The molecule has 0 bridgehead atoms. The minimum Gasteiger partial charge on any atom is -0.459 e. The Morgan fingerprint density at radius 1 is 0.889 bits per heavy atom. The van der Waals surface area contributed by atoms with Crippen molar-refractivity contribution in [3.8, 4) is 0 Å². The highest BCUT2D eigenvalue weighted by Crippen LogP contribution is 2.44.